The minimum Gasteiger partial charge on any atom is -0.371 e. The number of benzene rings is 1. The second kappa shape index (κ2) is 6.42. The third kappa shape index (κ3) is 3.50. The molecule has 0 spiro atoms. The summed E-state index contributed by atoms with van der Waals surface area (Å²) >= 11 is 0. The fourth-order valence-electron chi connectivity index (χ4n) is 3.19. The average molecular weight is 260 g/mol. The molecule has 2 nitrogen and oxygen atoms in total. The molecule has 1 saturated heterocycles. The lowest BCUT2D eigenvalue weighted by atomic mass is 9.86. The van der Waals surface area contributed by atoms with Crippen LogP contribution in [0.15, 0.2) is 18.2 Å². The highest BCUT2D eigenvalue weighted by Crippen LogP contribution is 2.29. The van der Waals surface area contributed by atoms with Crippen LogP contribution in [0.1, 0.15) is 37.8 Å². The number of piperidine rings is 1. The van der Waals surface area contributed by atoms with Crippen molar-refractivity contribution in [2.24, 2.45) is 11.8 Å². The molecule has 1 N–H and O–H groups in total. The van der Waals surface area contributed by atoms with E-state index in [1.807, 2.05) is 7.05 Å². The van der Waals surface area contributed by atoms with Crippen LogP contribution in [0.3, 0.4) is 0 Å². The molecule has 0 atom stereocenters. The van der Waals surface area contributed by atoms with Gasteiger partial charge in [0.15, 0.2) is 0 Å². The number of nitrogens with one attached hydrogen (secondary N) is 1. The third-order valence-corrected chi connectivity index (χ3v) is 4.47. The quantitative estimate of drug-likeness (QED) is 0.890. The normalized spacial score (nSPS) is 17.2. The Morgan fingerprint density at radius 3 is 2.47 bits per heavy atom. The molecule has 0 aliphatic carbocycles. The van der Waals surface area contributed by atoms with E-state index in [9.17, 15) is 0 Å². The Balaban J connectivity index is 2.03. The Bertz CT molecular complexity index is 404. The third-order valence-electron chi connectivity index (χ3n) is 4.47. The smallest absolute Gasteiger partial charge is 0.0396 e. The average Bonchev–Trinajstić information content (AvgIpc) is 2.39. The number of hydrogen-bond donors (Lipinski definition) is 1. The first kappa shape index (κ1) is 14.4. The molecule has 0 bridgehead atoms. The van der Waals surface area contributed by atoms with Crippen molar-refractivity contribution in [2.75, 3.05) is 25.0 Å². The molecule has 1 aliphatic rings. The maximum absolute atomic E-state index is 3.21. The monoisotopic (exact) mass is 260 g/mol. The molecule has 0 aromatic heterocycles. The molecule has 2 heteroatoms. The van der Waals surface area contributed by atoms with Crippen molar-refractivity contribution in [1.82, 2.24) is 5.32 Å². The lowest BCUT2D eigenvalue weighted by molar-refractivity contribution is 0.311. The largest absolute Gasteiger partial charge is 0.371 e. The lowest BCUT2D eigenvalue weighted by Gasteiger charge is -2.36. The summed E-state index contributed by atoms with van der Waals surface area (Å²) < 4.78 is 0. The van der Waals surface area contributed by atoms with Crippen molar-refractivity contribution in [3.63, 3.8) is 0 Å². The van der Waals surface area contributed by atoms with Gasteiger partial charge in [0, 0.05) is 25.3 Å². The van der Waals surface area contributed by atoms with Crippen LogP contribution in [-0.4, -0.2) is 20.1 Å². The zero-order valence-electron chi connectivity index (χ0n) is 12.9. The Kier molecular flexibility index (Phi) is 4.87. The number of hydrogen-bond acceptors (Lipinski definition) is 2. The van der Waals surface area contributed by atoms with Crippen molar-refractivity contribution in [3.05, 3.63) is 29.3 Å². The van der Waals surface area contributed by atoms with E-state index in [2.05, 4.69) is 49.2 Å². The summed E-state index contributed by atoms with van der Waals surface area (Å²) in [5.41, 5.74) is 4.22. The van der Waals surface area contributed by atoms with Gasteiger partial charge in [-0.15, -0.1) is 0 Å². The van der Waals surface area contributed by atoms with Gasteiger partial charge in [-0.05, 0) is 55.8 Å². The minimum absolute atomic E-state index is 0.834. The molecule has 0 radical (unpaired) electrons. The molecular weight excluding hydrogens is 232 g/mol. The van der Waals surface area contributed by atoms with Gasteiger partial charge in [-0.25, -0.2) is 0 Å². The van der Waals surface area contributed by atoms with Crippen LogP contribution in [0.5, 0.6) is 0 Å². The van der Waals surface area contributed by atoms with Gasteiger partial charge in [0.25, 0.3) is 0 Å². The summed E-state index contributed by atoms with van der Waals surface area (Å²) in [4.78, 5) is 2.57. The van der Waals surface area contributed by atoms with Crippen LogP contribution < -0.4 is 10.2 Å². The molecule has 1 fully saturated rings. The predicted octanol–water partition coefficient (Wildman–Crippen LogP) is 3.59. The van der Waals surface area contributed by atoms with E-state index in [1.165, 1.54) is 42.7 Å². The topological polar surface area (TPSA) is 15.3 Å². The summed E-state index contributed by atoms with van der Waals surface area (Å²) in [6, 6.07) is 6.88. The van der Waals surface area contributed by atoms with Crippen LogP contribution in [0, 0.1) is 18.8 Å². The molecule has 1 aromatic carbocycles. The number of anilines is 1. The fourth-order valence-corrected chi connectivity index (χ4v) is 3.19. The van der Waals surface area contributed by atoms with Gasteiger partial charge in [-0.2, -0.15) is 0 Å². The first-order valence-corrected chi connectivity index (χ1v) is 7.61. The standard InChI is InChI=1S/C17H28N2/c1-13(2)16-7-9-19(10-8-16)17-6-5-15(12-18-4)11-14(17)3/h5-6,11,13,16,18H,7-10,12H2,1-4H3. The summed E-state index contributed by atoms with van der Waals surface area (Å²) in [5, 5.41) is 3.21. The van der Waals surface area contributed by atoms with Crippen molar-refractivity contribution in [1.29, 1.82) is 0 Å². The van der Waals surface area contributed by atoms with Gasteiger partial charge < -0.3 is 10.2 Å². The molecule has 0 saturated carbocycles. The van der Waals surface area contributed by atoms with Gasteiger partial charge in [0.1, 0.15) is 0 Å². The van der Waals surface area contributed by atoms with Crippen molar-refractivity contribution in [2.45, 2.75) is 40.2 Å². The highest BCUT2D eigenvalue weighted by Gasteiger charge is 2.22. The number of rotatable bonds is 4. The van der Waals surface area contributed by atoms with Crippen molar-refractivity contribution >= 4 is 5.69 Å². The Labute approximate surface area is 118 Å². The van der Waals surface area contributed by atoms with Crippen LogP contribution >= 0.6 is 0 Å². The SMILES string of the molecule is CNCc1ccc(N2CCC(C(C)C)CC2)c(C)c1. The molecular formula is C17H28N2. The van der Waals surface area contributed by atoms with E-state index in [4.69, 9.17) is 0 Å². The zero-order valence-corrected chi connectivity index (χ0v) is 12.9. The van der Waals surface area contributed by atoms with Crippen LogP contribution in [0.25, 0.3) is 0 Å². The molecule has 1 aliphatic heterocycles. The Morgan fingerprint density at radius 2 is 1.95 bits per heavy atom. The van der Waals surface area contributed by atoms with E-state index >= 15 is 0 Å². The van der Waals surface area contributed by atoms with E-state index in [1.54, 1.807) is 0 Å². The summed E-state index contributed by atoms with van der Waals surface area (Å²) in [7, 11) is 2.00. The van der Waals surface area contributed by atoms with Crippen LogP contribution in [0.2, 0.25) is 0 Å². The van der Waals surface area contributed by atoms with E-state index in [0.717, 1.165) is 18.4 Å². The molecule has 106 valence electrons. The predicted molar refractivity (Wildman–Crippen MR) is 83.7 cm³/mol. The van der Waals surface area contributed by atoms with Gasteiger partial charge in [0.2, 0.25) is 0 Å². The van der Waals surface area contributed by atoms with E-state index < -0.39 is 0 Å². The van der Waals surface area contributed by atoms with Crippen LogP contribution in [0.4, 0.5) is 5.69 Å². The molecule has 19 heavy (non-hydrogen) atoms. The van der Waals surface area contributed by atoms with Crippen LogP contribution in [-0.2, 0) is 6.54 Å². The second-order valence-corrected chi connectivity index (χ2v) is 6.22. The minimum atomic E-state index is 0.834. The lowest BCUT2D eigenvalue weighted by Crippen LogP contribution is -2.35. The first-order chi connectivity index (χ1) is 9.11. The number of nitrogens with zero attached hydrogens (tertiary/aromatic N) is 1. The second-order valence-electron chi connectivity index (χ2n) is 6.22. The summed E-state index contributed by atoms with van der Waals surface area (Å²) in [5.74, 6) is 1.75. The molecule has 0 unspecified atom stereocenters. The molecule has 0 amide bonds. The molecule has 2 rings (SSSR count). The van der Waals surface area contributed by atoms with Gasteiger partial charge in [0.05, 0.1) is 0 Å². The Hall–Kier alpha value is -1.02. The highest BCUT2D eigenvalue weighted by atomic mass is 15.1. The van der Waals surface area contributed by atoms with Gasteiger partial charge in [-0.1, -0.05) is 26.0 Å². The first-order valence-electron chi connectivity index (χ1n) is 7.61. The van der Waals surface area contributed by atoms with Gasteiger partial charge in [-0.3, -0.25) is 0 Å². The van der Waals surface area contributed by atoms with Crippen molar-refractivity contribution in [3.8, 4) is 0 Å². The Morgan fingerprint density at radius 1 is 1.26 bits per heavy atom. The maximum atomic E-state index is 3.21. The van der Waals surface area contributed by atoms with Gasteiger partial charge >= 0.3 is 0 Å². The fraction of sp³-hybridized carbons (Fsp3) is 0.647. The molecule has 1 heterocycles. The molecule has 1 aromatic rings. The maximum Gasteiger partial charge on any atom is 0.0396 e. The van der Waals surface area contributed by atoms with E-state index in [-0.39, 0.29) is 0 Å². The zero-order chi connectivity index (χ0) is 13.8. The number of aryl methyl sites for hydroxylation is 1. The van der Waals surface area contributed by atoms with E-state index in [0.29, 0.717) is 0 Å². The highest BCUT2D eigenvalue weighted by molar-refractivity contribution is 5.54. The summed E-state index contributed by atoms with van der Waals surface area (Å²) in [6.45, 7) is 10.3. The summed E-state index contributed by atoms with van der Waals surface area (Å²) in [6.07, 6.45) is 2.69. The van der Waals surface area contributed by atoms with Crippen molar-refractivity contribution < 1.29 is 0 Å².